The van der Waals surface area contributed by atoms with Crippen LogP contribution in [0.3, 0.4) is 0 Å². The highest BCUT2D eigenvalue weighted by Gasteiger charge is 2.35. The molecule has 2 aromatic heterocycles. The molecule has 0 aliphatic carbocycles. The Morgan fingerprint density at radius 2 is 2.04 bits per heavy atom. The van der Waals surface area contributed by atoms with Crippen LogP contribution in [0.1, 0.15) is 22.2 Å². The van der Waals surface area contributed by atoms with Gasteiger partial charge in [-0.1, -0.05) is 23.4 Å². The van der Waals surface area contributed by atoms with Crippen molar-refractivity contribution in [3.05, 3.63) is 58.6 Å². The molecule has 0 saturated carbocycles. The molecular weight excluding hydrogens is 352 g/mol. The first-order chi connectivity index (χ1) is 12.7. The first kappa shape index (κ1) is 16.5. The topological polar surface area (TPSA) is 88.3 Å². The van der Waals surface area contributed by atoms with Crippen molar-refractivity contribution >= 4 is 23.2 Å². The fraction of sp³-hybridized carbons (Fsp3) is 0.222. The van der Waals surface area contributed by atoms with Crippen LogP contribution in [0.5, 0.6) is 0 Å². The third kappa shape index (κ3) is 3.36. The molecule has 2 amide bonds. The number of thiophene rings is 1. The van der Waals surface area contributed by atoms with Crippen LogP contribution >= 0.6 is 11.3 Å². The molecule has 1 fully saturated rings. The predicted molar refractivity (Wildman–Crippen MR) is 95.7 cm³/mol. The van der Waals surface area contributed by atoms with Crippen LogP contribution in [-0.2, 0) is 4.79 Å². The molecule has 1 aliphatic heterocycles. The second-order valence-electron chi connectivity index (χ2n) is 6.01. The second-order valence-corrected chi connectivity index (χ2v) is 6.79. The molecule has 8 heteroatoms. The van der Waals surface area contributed by atoms with Gasteiger partial charge in [-0.3, -0.25) is 9.59 Å². The van der Waals surface area contributed by atoms with Gasteiger partial charge in [-0.2, -0.15) is 16.3 Å². The SMILES string of the molecule is O=C(NCC(=O)N1CC(c2nc(-c3ccsc3)no2)C1)c1ccccc1. The second kappa shape index (κ2) is 7.09. The summed E-state index contributed by atoms with van der Waals surface area (Å²) in [5, 5.41) is 10.5. The number of amides is 2. The van der Waals surface area contributed by atoms with Crippen molar-refractivity contribution < 1.29 is 14.1 Å². The van der Waals surface area contributed by atoms with Gasteiger partial charge in [0.25, 0.3) is 5.91 Å². The van der Waals surface area contributed by atoms with Gasteiger partial charge < -0.3 is 14.7 Å². The normalized spacial score (nSPS) is 14.1. The van der Waals surface area contributed by atoms with Gasteiger partial charge in [-0.15, -0.1) is 0 Å². The van der Waals surface area contributed by atoms with Crippen LogP contribution < -0.4 is 5.32 Å². The molecule has 0 unspecified atom stereocenters. The monoisotopic (exact) mass is 368 g/mol. The van der Waals surface area contributed by atoms with E-state index in [2.05, 4.69) is 15.5 Å². The van der Waals surface area contributed by atoms with Gasteiger partial charge >= 0.3 is 0 Å². The van der Waals surface area contributed by atoms with Gasteiger partial charge in [0, 0.05) is 29.6 Å². The number of aromatic nitrogens is 2. The van der Waals surface area contributed by atoms with E-state index in [9.17, 15) is 9.59 Å². The van der Waals surface area contributed by atoms with Gasteiger partial charge in [0.2, 0.25) is 17.6 Å². The van der Waals surface area contributed by atoms with E-state index in [1.807, 2.05) is 22.9 Å². The Labute approximate surface area is 153 Å². The predicted octanol–water partition coefficient (Wildman–Crippen LogP) is 2.15. The summed E-state index contributed by atoms with van der Waals surface area (Å²) >= 11 is 1.57. The summed E-state index contributed by atoms with van der Waals surface area (Å²) in [6.45, 7) is 1.01. The molecular formula is C18H16N4O3S. The Balaban J connectivity index is 1.27. The van der Waals surface area contributed by atoms with Crippen LogP contribution in [-0.4, -0.2) is 46.5 Å². The minimum absolute atomic E-state index is 0.0234. The van der Waals surface area contributed by atoms with E-state index in [1.54, 1.807) is 40.5 Å². The minimum atomic E-state index is -0.256. The first-order valence-corrected chi connectivity index (χ1v) is 9.12. The molecule has 1 aliphatic rings. The molecule has 132 valence electrons. The quantitative estimate of drug-likeness (QED) is 0.745. The number of hydrogen-bond acceptors (Lipinski definition) is 6. The first-order valence-electron chi connectivity index (χ1n) is 8.18. The van der Waals surface area contributed by atoms with Gasteiger partial charge in [0.15, 0.2) is 0 Å². The van der Waals surface area contributed by atoms with Crippen LogP contribution in [0.15, 0.2) is 51.7 Å². The van der Waals surface area contributed by atoms with Crippen molar-refractivity contribution in [2.75, 3.05) is 19.6 Å². The van der Waals surface area contributed by atoms with E-state index >= 15 is 0 Å². The molecule has 1 saturated heterocycles. The van der Waals surface area contributed by atoms with Crippen LogP contribution in [0.4, 0.5) is 0 Å². The van der Waals surface area contributed by atoms with Crippen molar-refractivity contribution in [2.45, 2.75) is 5.92 Å². The third-order valence-electron chi connectivity index (χ3n) is 4.24. The molecule has 0 bridgehead atoms. The highest BCUT2D eigenvalue weighted by molar-refractivity contribution is 7.08. The van der Waals surface area contributed by atoms with Gasteiger partial charge in [-0.05, 0) is 23.6 Å². The molecule has 0 spiro atoms. The fourth-order valence-corrected chi connectivity index (χ4v) is 3.34. The lowest BCUT2D eigenvalue weighted by Crippen LogP contribution is -2.51. The Kier molecular flexibility index (Phi) is 4.49. The van der Waals surface area contributed by atoms with E-state index in [0.29, 0.717) is 30.4 Å². The largest absolute Gasteiger partial charge is 0.343 e. The van der Waals surface area contributed by atoms with Crippen molar-refractivity contribution in [3.63, 3.8) is 0 Å². The summed E-state index contributed by atoms with van der Waals surface area (Å²) in [4.78, 5) is 30.2. The zero-order valence-electron chi connectivity index (χ0n) is 13.8. The third-order valence-corrected chi connectivity index (χ3v) is 4.92. The number of nitrogens with zero attached hydrogens (tertiary/aromatic N) is 3. The van der Waals surface area contributed by atoms with Gasteiger partial charge in [-0.25, -0.2) is 0 Å². The summed E-state index contributed by atoms with van der Waals surface area (Å²) in [5.74, 6) is 0.782. The smallest absolute Gasteiger partial charge is 0.251 e. The number of likely N-dealkylation sites (tertiary alicyclic amines) is 1. The van der Waals surface area contributed by atoms with E-state index in [4.69, 9.17) is 4.52 Å². The highest BCUT2D eigenvalue weighted by Crippen LogP contribution is 2.28. The Morgan fingerprint density at radius 3 is 2.77 bits per heavy atom. The maximum Gasteiger partial charge on any atom is 0.251 e. The molecule has 7 nitrogen and oxygen atoms in total. The Hall–Kier alpha value is -3.00. The number of hydrogen-bond donors (Lipinski definition) is 1. The lowest BCUT2D eigenvalue weighted by Gasteiger charge is -2.37. The molecule has 1 N–H and O–H groups in total. The lowest BCUT2D eigenvalue weighted by atomic mass is 10.00. The molecule has 3 heterocycles. The molecule has 26 heavy (non-hydrogen) atoms. The number of benzene rings is 1. The zero-order chi connectivity index (χ0) is 17.9. The summed E-state index contributed by atoms with van der Waals surface area (Å²) < 4.78 is 5.31. The fourth-order valence-electron chi connectivity index (χ4n) is 2.71. The van der Waals surface area contributed by atoms with Crippen LogP contribution in [0.25, 0.3) is 11.4 Å². The number of carbonyl (C=O) groups excluding carboxylic acids is 2. The summed E-state index contributed by atoms with van der Waals surface area (Å²) in [5.41, 5.74) is 1.47. The number of carbonyl (C=O) groups is 2. The average molecular weight is 368 g/mol. The van der Waals surface area contributed by atoms with E-state index in [0.717, 1.165) is 5.56 Å². The molecule has 4 rings (SSSR count). The molecule has 0 atom stereocenters. The number of nitrogens with one attached hydrogen (secondary N) is 1. The Morgan fingerprint density at radius 1 is 1.23 bits per heavy atom. The Bertz CT molecular complexity index is 902. The van der Waals surface area contributed by atoms with Crippen molar-refractivity contribution in [1.82, 2.24) is 20.4 Å². The summed E-state index contributed by atoms with van der Waals surface area (Å²) in [7, 11) is 0. The number of rotatable bonds is 5. The average Bonchev–Trinajstić information content (AvgIpc) is 3.30. The maximum atomic E-state index is 12.2. The van der Waals surface area contributed by atoms with Gasteiger partial charge in [0.05, 0.1) is 12.5 Å². The molecule has 1 aromatic carbocycles. The van der Waals surface area contributed by atoms with E-state index in [1.165, 1.54) is 0 Å². The van der Waals surface area contributed by atoms with Crippen LogP contribution in [0, 0.1) is 0 Å². The minimum Gasteiger partial charge on any atom is -0.343 e. The van der Waals surface area contributed by atoms with E-state index in [-0.39, 0.29) is 24.3 Å². The molecule has 0 radical (unpaired) electrons. The van der Waals surface area contributed by atoms with Gasteiger partial charge in [0.1, 0.15) is 0 Å². The van der Waals surface area contributed by atoms with Crippen molar-refractivity contribution in [1.29, 1.82) is 0 Å². The molecule has 3 aromatic rings. The van der Waals surface area contributed by atoms with Crippen LogP contribution in [0.2, 0.25) is 0 Å². The zero-order valence-corrected chi connectivity index (χ0v) is 14.6. The summed E-state index contributed by atoms with van der Waals surface area (Å²) in [6.07, 6.45) is 0. The standard InChI is InChI=1S/C18H16N4O3S/c23-15(8-19-17(24)12-4-2-1-3-5-12)22-9-14(10-22)18-20-16(21-25-18)13-6-7-26-11-13/h1-7,11,14H,8-10H2,(H,19,24). The van der Waals surface area contributed by atoms with E-state index < -0.39 is 0 Å². The van der Waals surface area contributed by atoms with Crippen molar-refractivity contribution in [2.24, 2.45) is 0 Å². The summed E-state index contributed by atoms with van der Waals surface area (Å²) in [6, 6.07) is 10.8. The lowest BCUT2D eigenvalue weighted by molar-refractivity contribution is -0.134. The highest BCUT2D eigenvalue weighted by atomic mass is 32.1. The maximum absolute atomic E-state index is 12.2. The van der Waals surface area contributed by atoms with Crippen molar-refractivity contribution in [3.8, 4) is 11.4 Å².